The molecular formula is C56H66N4O2P2Ru2. The molecule has 0 amide bonds. The molecule has 0 N–H and O–H groups in total. The minimum Gasteiger partial charge on any atom is -0.570 e. The Morgan fingerprint density at radius 3 is 0.833 bits per heavy atom. The van der Waals surface area contributed by atoms with E-state index < -0.39 is 0 Å². The summed E-state index contributed by atoms with van der Waals surface area (Å²) in [5.41, 5.74) is 23.3. The van der Waals surface area contributed by atoms with Crippen LogP contribution in [0, 0.1) is 69.2 Å². The summed E-state index contributed by atoms with van der Waals surface area (Å²) in [6.07, 6.45) is 5.11. The van der Waals surface area contributed by atoms with Gasteiger partial charge in [-0.2, -0.15) is 55.6 Å². The van der Waals surface area contributed by atoms with Crippen LogP contribution in [0.25, 0.3) is 44.0 Å². The van der Waals surface area contributed by atoms with Crippen molar-refractivity contribution < 1.29 is 48.4 Å². The van der Waals surface area contributed by atoms with Crippen molar-refractivity contribution in [1.82, 2.24) is 20.4 Å². The van der Waals surface area contributed by atoms with Crippen molar-refractivity contribution in [3.63, 3.8) is 0 Å². The van der Waals surface area contributed by atoms with Gasteiger partial charge in [-0.25, -0.2) is 0 Å². The molecule has 0 saturated carbocycles. The molecule has 0 radical (unpaired) electrons. The molecule has 0 unspecified atom stereocenters. The molecule has 0 atom stereocenters. The van der Waals surface area contributed by atoms with Crippen LogP contribution in [0.5, 0.6) is 0 Å². The van der Waals surface area contributed by atoms with Crippen LogP contribution in [0.1, 0.15) is 81.3 Å². The molecule has 2 aliphatic heterocycles. The molecule has 8 aromatic rings. The molecular weight excluding hydrogens is 1020 g/mol. The third kappa shape index (κ3) is 16.7. The van der Waals surface area contributed by atoms with Crippen molar-refractivity contribution in [2.45, 2.75) is 94.9 Å². The van der Waals surface area contributed by atoms with E-state index in [0.29, 0.717) is 0 Å². The van der Waals surface area contributed by atoms with Gasteiger partial charge in [0.25, 0.3) is 0 Å². The third-order valence-electron chi connectivity index (χ3n) is 12.3. The van der Waals surface area contributed by atoms with E-state index in [4.69, 9.17) is 9.47 Å². The number of hydrogen-bond acceptors (Lipinski definition) is 4. The molecule has 348 valence electrons. The van der Waals surface area contributed by atoms with Crippen LogP contribution in [0.4, 0.5) is 0 Å². The average Bonchev–Trinajstić information content (AvgIpc) is 4.24. The number of aromatic nitrogens is 4. The number of hydrogen-bond donors (Lipinski definition) is 0. The van der Waals surface area contributed by atoms with Gasteiger partial charge in [0.2, 0.25) is 0 Å². The van der Waals surface area contributed by atoms with Gasteiger partial charge in [-0.15, -0.1) is 0 Å². The van der Waals surface area contributed by atoms with Crippen molar-refractivity contribution in [3.8, 4) is 44.0 Å². The summed E-state index contributed by atoms with van der Waals surface area (Å²) in [6, 6.07) is 40.7. The quantitative estimate of drug-likeness (QED) is 0.129. The molecule has 2 aliphatic rings. The minimum atomic E-state index is 0. The van der Waals surface area contributed by atoms with Gasteiger partial charge in [-0.3, -0.25) is 0 Å². The van der Waals surface area contributed by atoms with Gasteiger partial charge in [0.05, 0.1) is 10.9 Å². The van der Waals surface area contributed by atoms with Crippen LogP contribution >= 0.6 is 16.4 Å². The number of ether oxygens (including phenoxy) is 2. The fourth-order valence-corrected chi connectivity index (χ4v) is 9.02. The molecule has 0 aliphatic carbocycles. The van der Waals surface area contributed by atoms with Gasteiger partial charge in [0.15, 0.2) is 0 Å². The molecule has 10 heteroatoms. The first-order chi connectivity index (χ1) is 31.0. The topological polar surface area (TPSA) is 72.4 Å². The molecule has 0 spiro atoms. The summed E-state index contributed by atoms with van der Waals surface area (Å²) in [5.74, 6) is 0. The largest absolute Gasteiger partial charge is 2.00 e. The van der Waals surface area contributed by atoms with Crippen LogP contribution in [0.2, 0.25) is 0 Å². The van der Waals surface area contributed by atoms with Crippen LogP contribution in [0.3, 0.4) is 0 Å². The molecule has 10 rings (SSSR count). The summed E-state index contributed by atoms with van der Waals surface area (Å²) < 4.78 is 9.89. The van der Waals surface area contributed by atoms with Gasteiger partial charge >= 0.3 is 39.0 Å². The van der Waals surface area contributed by atoms with Gasteiger partial charge in [-0.1, -0.05) is 218 Å². The van der Waals surface area contributed by atoms with Crippen molar-refractivity contribution >= 4 is 16.4 Å². The standard InChI is InChI=1S/2C14H10N2P.2C10H15.2C4H8O.2Ru/c2*1-3-7-11(8-4-1)13-15-16-14(17-13)12-9-5-2-6-10-12;2*1-6-7(2)9(4)10(5)8(6)3;2*1-2-4-5-3-1;;/h2*1-10H;2*1-5H3;2*1-4H2;;/q4*-1;;;2*+2. The summed E-state index contributed by atoms with van der Waals surface area (Å²) >= 11 is 0. The first-order valence-corrected chi connectivity index (χ1v) is 24.3. The van der Waals surface area contributed by atoms with Crippen LogP contribution in [0.15, 0.2) is 121 Å². The van der Waals surface area contributed by atoms with E-state index in [1.165, 1.54) is 81.3 Å². The Balaban J connectivity index is 0.000000220. The fraction of sp³-hybridized carbons (Fsp3) is 0.321. The Hall–Kier alpha value is -3.97. The van der Waals surface area contributed by atoms with E-state index in [-0.39, 0.29) is 39.0 Å². The van der Waals surface area contributed by atoms with Gasteiger partial charge in [0.1, 0.15) is 0 Å². The Kier molecular flexibility index (Phi) is 25.4. The Labute approximate surface area is 424 Å². The van der Waals surface area contributed by atoms with Crippen molar-refractivity contribution in [1.29, 1.82) is 0 Å². The molecule has 0 bridgehead atoms. The fourth-order valence-electron chi connectivity index (χ4n) is 7.15. The molecule has 6 nitrogen and oxygen atoms in total. The molecule has 2 aromatic heterocycles. The third-order valence-corrected chi connectivity index (χ3v) is 14.5. The van der Waals surface area contributed by atoms with Crippen molar-refractivity contribution in [2.75, 3.05) is 26.4 Å². The summed E-state index contributed by atoms with van der Waals surface area (Å²) in [4.78, 5) is 0. The Morgan fingerprint density at radius 2 is 0.636 bits per heavy atom. The van der Waals surface area contributed by atoms with Gasteiger partial charge < -0.3 is 29.9 Å². The normalized spacial score (nSPS) is 12.4. The summed E-state index contributed by atoms with van der Waals surface area (Å²) in [5, 5.41) is 17.0. The summed E-state index contributed by atoms with van der Waals surface area (Å²) in [7, 11) is 2.16. The maximum Gasteiger partial charge on any atom is 2.00 e. The second-order valence-electron chi connectivity index (χ2n) is 16.3. The van der Waals surface area contributed by atoms with Crippen molar-refractivity contribution in [2.24, 2.45) is 0 Å². The second kappa shape index (κ2) is 29.7. The van der Waals surface area contributed by atoms with E-state index in [1.807, 2.05) is 72.8 Å². The maximum absolute atomic E-state index is 4.94. The SMILES string of the molecule is C1CCOC1.C1CCOC1.Cc1c(C)c(C)[c-](C)c1C.Cc1c(C)c(C)[c-](C)c1C.[Ru+2].[Ru+2].c1ccc(-c2n[n-]c(-c3ccccc3)p2)cc1.c1ccc(-c2n[n-]c(-c3ccccc3)p2)cc1. The number of nitrogens with zero attached hydrogens (tertiary/aromatic N) is 4. The second-order valence-corrected chi connectivity index (χ2v) is 18.4. The van der Waals surface area contributed by atoms with E-state index in [2.05, 4.69) is 138 Å². The van der Waals surface area contributed by atoms with E-state index in [9.17, 15) is 0 Å². The van der Waals surface area contributed by atoms with Crippen LogP contribution < -0.4 is 10.2 Å². The minimum absolute atomic E-state index is 0. The first-order valence-electron chi connectivity index (χ1n) is 22.5. The Bertz CT molecular complexity index is 2100. The maximum atomic E-state index is 4.94. The molecule has 66 heavy (non-hydrogen) atoms. The van der Waals surface area contributed by atoms with E-state index >= 15 is 0 Å². The number of rotatable bonds is 4. The van der Waals surface area contributed by atoms with E-state index in [0.717, 1.165) is 86.8 Å². The van der Waals surface area contributed by atoms with Crippen LogP contribution in [-0.2, 0) is 48.4 Å². The van der Waals surface area contributed by atoms with Gasteiger partial charge in [-0.05, 0) is 36.8 Å². The molecule has 6 aromatic carbocycles. The zero-order valence-electron chi connectivity index (χ0n) is 40.4. The monoisotopic (exact) mass is 1090 g/mol. The van der Waals surface area contributed by atoms with Gasteiger partial charge in [0, 0.05) is 37.6 Å². The Morgan fingerprint density at radius 1 is 0.394 bits per heavy atom. The number of benzene rings is 4. The van der Waals surface area contributed by atoms with Crippen LogP contribution in [-0.4, -0.2) is 36.6 Å². The predicted molar refractivity (Wildman–Crippen MR) is 273 cm³/mol. The molecule has 4 heterocycles. The summed E-state index contributed by atoms with van der Waals surface area (Å²) in [6.45, 7) is 26.0. The zero-order valence-corrected chi connectivity index (χ0v) is 45.7. The smallest absolute Gasteiger partial charge is 0.570 e. The first kappa shape index (κ1) is 56.4. The predicted octanol–water partition coefficient (Wildman–Crippen LogP) is 15.4. The zero-order chi connectivity index (χ0) is 45.8. The van der Waals surface area contributed by atoms with Crippen molar-refractivity contribution in [3.05, 3.63) is 177 Å². The average molecular weight is 1090 g/mol. The van der Waals surface area contributed by atoms with E-state index in [1.54, 1.807) is 0 Å². The molecule has 2 saturated heterocycles. The molecule has 2 fully saturated rings.